The first-order valence-corrected chi connectivity index (χ1v) is 18.5. The average molecular weight is 741 g/mol. The van der Waals surface area contributed by atoms with Crippen LogP contribution in [-0.4, -0.2) is 74.6 Å². The summed E-state index contributed by atoms with van der Waals surface area (Å²) in [6.07, 6.45) is -2.24. The van der Waals surface area contributed by atoms with Crippen LogP contribution < -0.4 is 19.7 Å². The number of piperidine rings is 1. The molecule has 2 aliphatic rings. The van der Waals surface area contributed by atoms with E-state index in [0.717, 1.165) is 69.5 Å². The van der Waals surface area contributed by atoms with Gasteiger partial charge in [0, 0.05) is 37.8 Å². The third-order valence-corrected chi connectivity index (χ3v) is 9.92. The van der Waals surface area contributed by atoms with Crippen molar-refractivity contribution in [2.45, 2.75) is 37.6 Å². The smallest absolute Gasteiger partial charge is 0.417 e. The molecule has 3 aromatic carbocycles. The normalized spacial score (nSPS) is 15.3. The molecule has 3 heterocycles. The maximum atomic E-state index is 13.7. The number of piperazine rings is 1. The Morgan fingerprint density at radius 2 is 1.60 bits per heavy atom. The predicted molar refractivity (Wildman–Crippen MR) is 190 cm³/mol. The van der Waals surface area contributed by atoms with Crippen LogP contribution >= 0.6 is 0 Å². The summed E-state index contributed by atoms with van der Waals surface area (Å²) < 4.78 is 73.3. The molecule has 1 amide bonds. The minimum atomic E-state index is -4.46. The van der Waals surface area contributed by atoms with E-state index in [9.17, 15) is 26.4 Å². The van der Waals surface area contributed by atoms with Crippen molar-refractivity contribution >= 4 is 33.3 Å². The number of carboxylic acids is 1. The lowest BCUT2D eigenvalue weighted by atomic mass is 9.89. The van der Waals surface area contributed by atoms with Crippen LogP contribution in [0.25, 0.3) is 0 Å². The topological polar surface area (TPSA) is 146 Å². The summed E-state index contributed by atoms with van der Waals surface area (Å²) in [6, 6.07) is 23.7. The van der Waals surface area contributed by atoms with E-state index in [0.29, 0.717) is 35.7 Å². The molecule has 52 heavy (non-hydrogen) atoms. The van der Waals surface area contributed by atoms with Gasteiger partial charge in [0.15, 0.2) is 0 Å². The van der Waals surface area contributed by atoms with Gasteiger partial charge in [0.1, 0.15) is 5.75 Å². The van der Waals surface area contributed by atoms with Crippen molar-refractivity contribution in [1.29, 1.82) is 0 Å². The Bertz CT molecular complexity index is 1910. The highest BCUT2D eigenvalue weighted by Gasteiger charge is 2.31. The van der Waals surface area contributed by atoms with Gasteiger partial charge in [-0.05, 0) is 66.3 Å². The first-order chi connectivity index (χ1) is 24.8. The van der Waals surface area contributed by atoms with Gasteiger partial charge in [0.2, 0.25) is 15.9 Å². The van der Waals surface area contributed by atoms with E-state index in [2.05, 4.69) is 19.9 Å². The van der Waals surface area contributed by atoms with Crippen molar-refractivity contribution in [3.63, 3.8) is 0 Å². The summed E-state index contributed by atoms with van der Waals surface area (Å²) in [5.41, 5.74) is 2.50. The highest BCUT2D eigenvalue weighted by atomic mass is 32.2. The van der Waals surface area contributed by atoms with E-state index >= 15 is 0 Å². The number of benzene rings is 3. The molecule has 6 rings (SSSR count). The Morgan fingerprint density at radius 1 is 0.942 bits per heavy atom. The molecule has 0 radical (unpaired) electrons. The number of likely N-dealkylation sites (tertiary alicyclic amines) is 1. The van der Waals surface area contributed by atoms with Crippen LogP contribution in [0.4, 0.5) is 24.5 Å². The Balaban J connectivity index is 0.00000124. The molecule has 2 saturated heterocycles. The molecule has 0 bridgehead atoms. The molecule has 0 aliphatic carbocycles. The van der Waals surface area contributed by atoms with E-state index < -0.39 is 27.7 Å². The van der Waals surface area contributed by atoms with Gasteiger partial charge in [0.05, 0.1) is 48.9 Å². The highest BCUT2D eigenvalue weighted by Crippen LogP contribution is 2.34. The molecule has 0 spiro atoms. The third-order valence-electron chi connectivity index (χ3n) is 8.68. The number of ether oxygens (including phenoxy) is 1. The molecular formula is C37H41F3N5O6S+. The van der Waals surface area contributed by atoms with E-state index in [1.165, 1.54) is 6.07 Å². The quantitative estimate of drug-likeness (QED) is 0.209. The van der Waals surface area contributed by atoms with Crippen LogP contribution in [0.2, 0.25) is 0 Å². The molecular weight excluding hydrogens is 699 g/mol. The van der Waals surface area contributed by atoms with Crippen LogP contribution in [0, 0.1) is 0 Å². The van der Waals surface area contributed by atoms with Crippen LogP contribution in [0.5, 0.6) is 11.6 Å². The molecule has 276 valence electrons. The standard InChI is InChI=1S/C35H36F3N5O4S.C2H4O2/c36-35(37,38)29-9-13-33(40-23-29)47-30-10-6-26(7-11-30)27-14-18-43(19-15-27)34(44)28-8-12-32(42-20-16-39-17-21-42)31(22-28)41-48(45,46)24-25-4-2-1-3-5-25;1-2(3)4/h1-13,22-23,27,39,41H,14-21,24H2;1H3,(H,3,4)/p+1. The van der Waals surface area contributed by atoms with Crippen molar-refractivity contribution in [1.82, 2.24) is 9.88 Å². The average Bonchev–Trinajstić information content (AvgIpc) is 3.12. The number of carbonyl (C=O) groups is 2. The minimum Gasteiger partial charge on any atom is -0.481 e. The number of nitrogens with zero attached hydrogens (tertiary/aromatic N) is 3. The Kier molecular flexibility index (Phi) is 12.4. The second-order valence-corrected chi connectivity index (χ2v) is 14.3. The molecule has 2 fully saturated rings. The van der Waals surface area contributed by atoms with Crippen LogP contribution in [0.3, 0.4) is 0 Å². The maximum absolute atomic E-state index is 13.7. The number of alkyl halides is 3. The van der Waals surface area contributed by atoms with E-state index in [1.54, 1.807) is 53.4 Å². The van der Waals surface area contributed by atoms with Crippen LogP contribution in [0.15, 0.2) is 91.1 Å². The van der Waals surface area contributed by atoms with Crippen LogP contribution in [-0.2, 0) is 26.7 Å². The maximum Gasteiger partial charge on any atom is 0.417 e. The van der Waals surface area contributed by atoms with Crippen molar-refractivity contribution < 1.29 is 46.3 Å². The molecule has 1 aromatic heterocycles. The molecule has 4 N–H and O–H groups in total. The number of amides is 1. The fraction of sp³-hybridized carbons (Fsp3) is 0.324. The van der Waals surface area contributed by atoms with E-state index in [4.69, 9.17) is 14.6 Å². The molecule has 4 aromatic rings. The highest BCUT2D eigenvalue weighted by molar-refractivity contribution is 7.91. The zero-order valence-electron chi connectivity index (χ0n) is 28.6. The van der Waals surface area contributed by atoms with Crippen molar-refractivity contribution in [2.24, 2.45) is 0 Å². The molecule has 0 saturated carbocycles. The Hall–Kier alpha value is -5.15. The number of nitrogens with two attached hydrogens (primary N) is 1. The third kappa shape index (κ3) is 10.7. The lowest BCUT2D eigenvalue weighted by molar-refractivity contribution is -0.655. The number of quaternary nitrogens is 1. The number of pyridine rings is 1. The molecule has 15 heteroatoms. The van der Waals surface area contributed by atoms with Crippen LogP contribution in [0.1, 0.15) is 52.7 Å². The summed E-state index contributed by atoms with van der Waals surface area (Å²) in [6.45, 7) is 5.50. The van der Waals surface area contributed by atoms with Gasteiger partial charge in [-0.1, -0.05) is 42.5 Å². The van der Waals surface area contributed by atoms with Gasteiger partial charge < -0.3 is 25.0 Å². The Morgan fingerprint density at radius 3 is 2.19 bits per heavy atom. The number of halogens is 3. The van der Waals surface area contributed by atoms with E-state index in [1.807, 2.05) is 24.3 Å². The first kappa shape index (κ1) is 38.1. The SMILES string of the molecule is CC(=O)O.O=C(c1ccc(N2CC[NH2+]CC2)c(NS(=O)(=O)Cc2ccccc2)c1)N1CCC(c2ccc(Oc3ccc(C(F)(F)F)cn3)cc2)CC1. The fourth-order valence-electron chi connectivity index (χ4n) is 6.15. The van der Waals surface area contributed by atoms with Gasteiger partial charge in [-0.25, -0.2) is 13.4 Å². The van der Waals surface area contributed by atoms with E-state index in [-0.39, 0.29) is 23.5 Å². The zero-order valence-corrected chi connectivity index (χ0v) is 29.4. The number of nitrogens with one attached hydrogen (secondary N) is 1. The Labute approximate surface area is 300 Å². The van der Waals surface area contributed by atoms with Gasteiger partial charge in [-0.3, -0.25) is 14.3 Å². The summed E-state index contributed by atoms with van der Waals surface area (Å²) in [5.74, 6) is -0.419. The molecule has 2 aliphatic heterocycles. The summed E-state index contributed by atoms with van der Waals surface area (Å²) >= 11 is 0. The number of hydrogen-bond acceptors (Lipinski definition) is 7. The number of carboxylic acid groups (broad SMARTS) is 1. The van der Waals surface area contributed by atoms with Gasteiger partial charge in [-0.2, -0.15) is 13.2 Å². The van der Waals surface area contributed by atoms with Crippen molar-refractivity contribution in [2.75, 3.05) is 48.9 Å². The number of anilines is 2. The monoisotopic (exact) mass is 740 g/mol. The summed E-state index contributed by atoms with van der Waals surface area (Å²) in [5, 5.41) is 9.64. The van der Waals surface area contributed by atoms with Gasteiger partial charge in [-0.15, -0.1) is 0 Å². The summed E-state index contributed by atoms with van der Waals surface area (Å²) in [4.78, 5) is 30.4. The molecule has 0 atom stereocenters. The lowest BCUT2D eigenvalue weighted by Gasteiger charge is -2.33. The van der Waals surface area contributed by atoms with Crippen molar-refractivity contribution in [3.8, 4) is 11.6 Å². The fourth-order valence-corrected chi connectivity index (χ4v) is 7.35. The number of rotatable bonds is 9. The number of hydrogen-bond donors (Lipinski definition) is 3. The lowest BCUT2D eigenvalue weighted by Crippen LogP contribution is -2.89. The second-order valence-electron chi connectivity index (χ2n) is 12.6. The first-order valence-electron chi connectivity index (χ1n) is 16.8. The molecule has 0 unspecified atom stereocenters. The largest absolute Gasteiger partial charge is 0.481 e. The number of sulfonamides is 1. The molecule has 11 nitrogen and oxygen atoms in total. The summed E-state index contributed by atoms with van der Waals surface area (Å²) in [7, 11) is -3.74. The van der Waals surface area contributed by atoms with Gasteiger partial charge >= 0.3 is 6.18 Å². The van der Waals surface area contributed by atoms with Crippen molar-refractivity contribution in [3.05, 3.63) is 113 Å². The number of aromatic nitrogens is 1. The second kappa shape index (κ2) is 16.9. The number of carbonyl (C=O) groups excluding carboxylic acids is 1. The predicted octanol–water partition coefficient (Wildman–Crippen LogP) is 5.33. The van der Waals surface area contributed by atoms with Gasteiger partial charge in [0.25, 0.3) is 11.9 Å². The number of aliphatic carboxylic acids is 1. The zero-order chi connectivity index (χ0) is 37.3. The minimum absolute atomic E-state index is 0.0668.